The molecule has 158 valence electrons. The summed E-state index contributed by atoms with van der Waals surface area (Å²) < 4.78 is 10.6. The smallest absolute Gasteiger partial charge is 0.306 e. The quantitative estimate of drug-likeness (QED) is 0.505. The van der Waals surface area contributed by atoms with Gasteiger partial charge in [0.05, 0.1) is 6.61 Å². The molecule has 0 saturated carbocycles. The van der Waals surface area contributed by atoms with Crippen molar-refractivity contribution in [1.29, 1.82) is 0 Å². The lowest BCUT2D eigenvalue weighted by Crippen LogP contribution is -2.23. The number of ether oxygens (including phenoxy) is 2. The fourth-order valence-electron chi connectivity index (χ4n) is 3.17. The lowest BCUT2D eigenvalue weighted by molar-refractivity contribution is -0.147. The summed E-state index contributed by atoms with van der Waals surface area (Å²) in [5.41, 5.74) is 2.50. The predicted molar refractivity (Wildman–Crippen MR) is 114 cm³/mol. The van der Waals surface area contributed by atoms with Crippen LogP contribution < -0.4 is 15.0 Å². The van der Waals surface area contributed by atoms with Crippen LogP contribution in [-0.2, 0) is 19.1 Å². The highest BCUT2D eigenvalue weighted by molar-refractivity contribution is 5.96. The van der Waals surface area contributed by atoms with Gasteiger partial charge in [0.2, 0.25) is 5.91 Å². The van der Waals surface area contributed by atoms with E-state index in [2.05, 4.69) is 5.32 Å². The number of hydrogen-bond acceptors (Lipinski definition) is 5. The minimum Gasteiger partial charge on any atom is -0.494 e. The van der Waals surface area contributed by atoms with Crippen LogP contribution in [0.5, 0.6) is 5.75 Å². The third-order valence-corrected chi connectivity index (χ3v) is 4.68. The normalized spacial score (nSPS) is 13.2. The molecule has 0 bridgehead atoms. The predicted octanol–water partition coefficient (Wildman–Crippen LogP) is 3.46. The maximum atomic E-state index is 12.0. The van der Waals surface area contributed by atoms with Gasteiger partial charge in [0.15, 0.2) is 6.61 Å². The number of hydrogen-bond donors (Lipinski definition) is 1. The van der Waals surface area contributed by atoms with Crippen LogP contribution in [0.25, 0.3) is 0 Å². The molecule has 1 heterocycles. The van der Waals surface area contributed by atoms with Gasteiger partial charge in [0.25, 0.3) is 5.91 Å². The van der Waals surface area contributed by atoms with E-state index in [4.69, 9.17) is 9.47 Å². The Morgan fingerprint density at radius 1 is 1.13 bits per heavy atom. The number of amides is 2. The van der Waals surface area contributed by atoms with Crippen LogP contribution in [0.4, 0.5) is 11.4 Å². The Balaban J connectivity index is 1.33. The van der Waals surface area contributed by atoms with E-state index in [-0.39, 0.29) is 18.9 Å². The molecule has 0 spiro atoms. The van der Waals surface area contributed by atoms with Crippen LogP contribution >= 0.6 is 0 Å². The van der Waals surface area contributed by atoms with Gasteiger partial charge < -0.3 is 19.7 Å². The number of benzene rings is 2. The van der Waals surface area contributed by atoms with Crippen molar-refractivity contribution in [3.63, 3.8) is 0 Å². The van der Waals surface area contributed by atoms with Gasteiger partial charge in [-0.15, -0.1) is 0 Å². The van der Waals surface area contributed by atoms with Gasteiger partial charge in [0.1, 0.15) is 5.75 Å². The molecule has 0 aromatic heterocycles. The standard InChI is InChI=1S/C23H26N2O5/c1-17-5-2-6-20(15-17)29-14-4-8-23(28)30-16-21(26)24-18-9-11-19(12-10-18)25-13-3-7-22(25)27/h2,5-6,9-12,15H,3-4,7-8,13-14,16H2,1H3,(H,24,26). The van der Waals surface area contributed by atoms with Crippen LogP contribution in [0, 0.1) is 6.92 Å². The first-order chi connectivity index (χ1) is 14.5. The first-order valence-corrected chi connectivity index (χ1v) is 10.1. The molecular weight excluding hydrogens is 384 g/mol. The number of esters is 1. The molecule has 7 nitrogen and oxygen atoms in total. The van der Waals surface area contributed by atoms with Gasteiger partial charge in [-0.05, 0) is 61.7 Å². The molecule has 2 aromatic carbocycles. The van der Waals surface area contributed by atoms with Crippen molar-refractivity contribution >= 4 is 29.2 Å². The summed E-state index contributed by atoms with van der Waals surface area (Å²) in [6, 6.07) is 14.7. The van der Waals surface area contributed by atoms with Gasteiger partial charge in [-0.25, -0.2) is 0 Å². The summed E-state index contributed by atoms with van der Waals surface area (Å²) in [6.07, 6.45) is 2.12. The zero-order chi connectivity index (χ0) is 21.3. The Bertz CT molecular complexity index is 895. The third-order valence-electron chi connectivity index (χ3n) is 4.68. The van der Waals surface area contributed by atoms with Crippen molar-refractivity contribution in [2.24, 2.45) is 0 Å². The summed E-state index contributed by atoms with van der Waals surface area (Å²) in [5.74, 6) is 0.0242. The first kappa shape index (κ1) is 21.4. The lowest BCUT2D eigenvalue weighted by Gasteiger charge is -2.16. The van der Waals surface area contributed by atoms with E-state index >= 15 is 0 Å². The molecule has 7 heteroatoms. The number of rotatable bonds is 9. The van der Waals surface area contributed by atoms with Crippen molar-refractivity contribution < 1.29 is 23.9 Å². The molecule has 1 aliphatic heterocycles. The molecule has 0 aliphatic carbocycles. The number of nitrogens with zero attached hydrogens (tertiary/aromatic N) is 1. The van der Waals surface area contributed by atoms with Crippen LogP contribution in [0.3, 0.4) is 0 Å². The van der Waals surface area contributed by atoms with Gasteiger partial charge >= 0.3 is 5.97 Å². The molecule has 0 atom stereocenters. The molecule has 1 aliphatic rings. The first-order valence-electron chi connectivity index (χ1n) is 10.1. The van der Waals surface area contributed by atoms with Gasteiger partial charge in [-0.1, -0.05) is 12.1 Å². The number of carbonyl (C=O) groups excluding carboxylic acids is 3. The van der Waals surface area contributed by atoms with Crippen LogP contribution in [-0.4, -0.2) is 37.5 Å². The third kappa shape index (κ3) is 6.34. The van der Waals surface area contributed by atoms with Crippen LogP contribution in [0.2, 0.25) is 0 Å². The average Bonchev–Trinajstić information content (AvgIpc) is 3.16. The maximum absolute atomic E-state index is 12.0. The number of aryl methyl sites for hydroxylation is 1. The van der Waals surface area contributed by atoms with Crippen molar-refractivity contribution in [3.8, 4) is 5.75 Å². The highest BCUT2D eigenvalue weighted by Crippen LogP contribution is 2.23. The van der Waals surface area contributed by atoms with Gasteiger partial charge in [-0.2, -0.15) is 0 Å². The Morgan fingerprint density at radius 2 is 1.93 bits per heavy atom. The minimum absolute atomic E-state index is 0.114. The van der Waals surface area contributed by atoms with Crippen LogP contribution in [0.1, 0.15) is 31.2 Å². The Labute approximate surface area is 176 Å². The molecule has 3 rings (SSSR count). The Morgan fingerprint density at radius 3 is 2.63 bits per heavy atom. The summed E-state index contributed by atoms with van der Waals surface area (Å²) in [5, 5.41) is 2.68. The van der Waals surface area contributed by atoms with E-state index < -0.39 is 11.9 Å². The minimum atomic E-state index is -0.444. The highest BCUT2D eigenvalue weighted by atomic mass is 16.5. The molecule has 30 heavy (non-hydrogen) atoms. The fraction of sp³-hybridized carbons (Fsp3) is 0.348. The monoisotopic (exact) mass is 410 g/mol. The summed E-state index contributed by atoms with van der Waals surface area (Å²) >= 11 is 0. The molecule has 0 unspecified atom stereocenters. The second kappa shape index (κ2) is 10.4. The van der Waals surface area contributed by atoms with E-state index in [1.54, 1.807) is 29.2 Å². The number of anilines is 2. The van der Waals surface area contributed by atoms with Crippen molar-refractivity contribution in [2.75, 3.05) is 30.0 Å². The van der Waals surface area contributed by atoms with E-state index in [0.717, 1.165) is 30.0 Å². The van der Waals surface area contributed by atoms with E-state index in [0.29, 0.717) is 25.1 Å². The molecular formula is C23H26N2O5. The van der Waals surface area contributed by atoms with Gasteiger partial charge in [0, 0.05) is 30.8 Å². The highest BCUT2D eigenvalue weighted by Gasteiger charge is 2.21. The van der Waals surface area contributed by atoms with E-state index in [9.17, 15) is 14.4 Å². The molecule has 1 N–H and O–H groups in total. The fourth-order valence-corrected chi connectivity index (χ4v) is 3.17. The topological polar surface area (TPSA) is 84.9 Å². The maximum Gasteiger partial charge on any atom is 0.306 e. The van der Waals surface area contributed by atoms with E-state index in [1.165, 1.54) is 0 Å². The Kier molecular flexibility index (Phi) is 7.43. The van der Waals surface area contributed by atoms with Crippen molar-refractivity contribution in [2.45, 2.75) is 32.6 Å². The second-order valence-electron chi connectivity index (χ2n) is 7.17. The SMILES string of the molecule is Cc1cccc(OCCCC(=O)OCC(=O)Nc2ccc(N3CCCC3=O)cc2)c1. The summed E-state index contributed by atoms with van der Waals surface area (Å²) in [6.45, 7) is 2.76. The molecule has 2 aromatic rings. The van der Waals surface area contributed by atoms with Crippen molar-refractivity contribution in [3.05, 3.63) is 54.1 Å². The molecule has 1 saturated heterocycles. The lowest BCUT2D eigenvalue weighted by atomic mass is 10.2. The molecule has 2 amide bonds. The molecule has 1 fully saturated rings. The number of carbonyl (C=O) groups is 3. The zero-order valence-electron chi connectivity index (χ0n) is 17.1. The Hall–Kier alpha value is -3.35. The second-order valence-corrected chi connectivity index (χ2v) is 7.17. The number of nitrogens with one attached hydrogen (secondary N) is 1. The van der Waals surface area contributed by atoms with Crippen LogP contribution in [0.15, 0.2) is 48.5 Å². The summed E-state index contributed by atoms with van der Waals surface area (Å²) in [4.78, 5) is 37.3. The molecule has 0 radical (unpaired) electrons. The average molecular weight is 410 g/mol. The zero-order valence-corrected chi connectivity index (χ0v) is 17.1. The summed E-state index contributed by atoms with van der Waals surface area (Å²) in [7, 11) is 0. The van der Waals surface area contributed by atoms with Gasteiger partial charge in [-0.3, -0.25) is 14.4 Å². The largest absolute Gasteiger partial charge is 0.494 e. The van der Waals surface area contributed by atoms with E-state index in [1.807, 2.05) is 31.2 Å². The van der Waals surface area contributed by atoms with Crippen molar-refractivity contribution in [1.82, 2.24) is 0 Å².